The number of rotatable bonds is 4. The summed E-state index contributed by atoms with van der Waals surface area (Å²) < 4.78 is 70.5. The topological polar surface area (TPSA) is 75.8 Å². The first-order chi connectivity index (χ1) is 20.8. The molecule has 5 nitrogen and oxygen atoms in total. The molecule has 0 aliphatic carbocycles. The molecule has 0 amide bonds. The first-order valence-electron chi connectivity index (χ1n) is 14.3. The third kappa shape index (κ3) is 19.1. The van der Waals surface area contributed by atoms with Crippen LogP contribution in [0.3, 0.4) is 0 Å². The van der Waals surface area contributed by atoms with E-state index in [2.05, 4.69) is 63.7 Å². The van der Waals surface area contributed by atoms with Gasteiger partial charge in [0.2, 0.25) is 0 Å². The number of hydrogen-bond acceptors (Lipinski definition) is 4. The fourth-order valence-corrected chi connectivity index (χ4v) is 6.96. The van der Waals surface area contributed by atoms with Crippen molar-refractivity contribution < 1.29 is 52.7 Å². The third-order valence-corrected chi connectivity index (χ3v) is 11.1. The summed E-state index contributed by atoms with van der Waals surface area (Å²) >= 11 is 0. The molecule has 3 rings (SSSR count). The van der Waals surface area contributed by atoms with Gasteiger partial charge in [-0.15, -0.1) is 11.6 Å². The number of benzene rings is 2. The van der Waals surface area contributed by atoms with Crippen LogP contribution in [0.15, 0.2) is 83.9 Å². The zero-order valence-corrected chi connectivity index (χ0v) is 31.2. The molecule has 0 saturated heterocycles. The third-order valence-electron chi connectivity index (χ3n) is 5.86. The molecule has 0 fully saturated rings. The molecular formula is C33H47F6N3NiO2PSi-. The van der Waals surface area contributed by atoms with Gasteiger partial charge >= 0.3 is 12.0 Å². The molecule has 0 aliphatic rings. The van der Waals surface area contributed by atoms with Crippen LogP contribution in [0.2, 0.25) is 19.6 Å². The smallest absolute Gasteiger partial charge is 0.418 e. The quantitative estimate of drug-likeness (QED) is 0.0917. The molecule has 14 heteroatoms. The first-order valence-corrected chi connectivity index (χ1v) is 19.3. The number of aromatic nitrogens is 1. The molecule has 1 unspecified atom stereocenters. The predicted molar refractivity (Wildman–Crippen MR) is 181 cm³/mol. The standard InChI is InChI=1S/C14H24N3P.C8H7F3O.C7H6O.C4H9F3Si.Ni/c1-13(2,3)18(14(4,5)6)17-12-10-8-9-11(15-7)16-12;9-8(10,11)7(12)6-4-2-1-3-5-6;8-6-7-4-2-1-3-5-7;1-8(2,3)4(5,6)7;/h8-10H,7H2,1-6H3,(H-,15,16,17);1-5,7,12H;1-6H;1-3H3;/q-2;;;;/p+1. The summed E-state index contributed by atoms with van der Waals surface area (Å²) in [5.74, 6) is -3.02. The Balaban J connectivity index is 0. The van der Waals surface area contributed by atoms with E-state index >= 15 is 0 Å². The maximum absolute atomic E-state index is 11.9. The van der Waals surface area contributed by atoms with Gasteiger partial charge in [-0.1, -0.05) is 92.4 Å². The number of nitrogens with zero attached hydrogens (tertiary/aromatic N) is 2. The molecule has 0 aliphatic heterocycles. The number of alkyl halides is 6. The van der Waals surface area contributed by atoms with E-state index in [-0.39, 0.29) is 32.4 Å². The van der Waals surface area contributed by atoms with Gasteiger partial charge in [0.05, 0.1) is 18.4 Å². The van der Waals surface area contributed by atoms with Gasteiger partial charge in [-0.2, -0.15) is 26.3 Å². The van der Waals surface area contributed by atoms with Crippen LogP contribution in [0, 0.1) is 7.05 Å². The minimum Gasteiger partial charge on any atom is -0.565 e. The number of carbonyl (C=O) groups excluding carboxylic acids is 1. The summed E-state index contributed by atoms with van der Waals surface area (Å²) in [5.41, 5.74) is 1.27. The fraction of sp³-hybridized carbons (Fsp3) is 0.424. The molecule has 0 bridgehead atoms. The maximum Gasteiger partial charge on any atom is 0.418 e. The summed E-state index contributed by atoms with van der Waals surface area (Å²) in [7, 11) is -0.169. The summed E-state index contributed by atoms with van der Waals surface area (Å²) in [6, 6.07) is 21.9. The molecule has 2 aromatic carbocycles. The molecule has 47 heavy (non-hydrogen) atoms. The van der Waals surface area contributed by atoms with Crippen molar-refractivity contribution in [1.29, 1.82) is 0 Å². The second-order valence-corrected chi connectivity index (χ2v) is 22.2. The van der Waals surface area contributed by atoms with Gasteiger partial charge in [0.25, 0.3) is 0 Å². The zero-order valence-electron chi connectivity index (χ0n) is 28.2. The van der Waals surface area contributed by atoms with Crippen LogP contribution in [0.4, 0.5) is 32.2 Å². The van der Waals surface area contributed by atoms with Crippen molar-refractivity contribution in [2.24, 2.45) is 4.99 Å². The molecule has 1 heterocycles. The van der Waals surface area contributed by atoms with Gasteiger partial charge < -0.3 is 20.2 Å². The summed E-state index contributed by atoms with van der Waals surface area (Å²) in [6.07, 6.45) is -6.12. The van der Waals surface area contributed by atoms with Crippen molar-refractivity contribution >= 4 is 28.3 Å². The Morgan fingerprint density at radius 2 is 1.23 bits per heavy atom. The average Bonchev–Trinajstić information content (AvgIpc) is 2.95. The molecule has 0 saturated carbocycles. The van der Waals surface area contributed by atoms with Crippen LogP contribution < -0.4 is 15.6 Å². The van der Waals surface area contributed by atoms with E-state index in [0.717, 1.165) is 17.7 Å². The number of hydrogen-bond donors (Lipinski definition) is 2. The van der Waals surface area contributed by atoms with Crippen molar-refractivity contribution in [1.82, 2.24) is 4.98 Å². The largest absolute Gasteiger partial charge is 0.565 e. The minimum absolute atomic E-state index is 0. The maximum atomic E-state index is 11.9. The Bertz CT molecular complexity index is 1330. The number of carbonyl (C=O) groups is 1. The van der Waals surface area contributed by atoms with Crippen molar-refractivity contribution in [3.05, 3.63) is 103 Å². The number of nitrogens with one attached hydrogen (secondary N) is 1. The Kier molecular flexibility index (Phi) is 19.8. The molecular weight excluding hydrogens is 702 g/mol. The number of aldehydes is 1. The van der Waals surface area contributed by atoms with Gasteiger partial charge in [-0.25, -0.2) is 7.05 Å². The molecule has 1 aromatic heterocycles. The Morgan fingerprint density at radius 3 is 1.55 bits per heavy atom. The summed E-state index contributed by atoms with van der Waals surface area (Å²) in [4.78, 5) is 18.3. The van der Waals surface area contributed by atoms with Crippen LogP contribution >= 0.6 is 8.07 Å². The van der Waals surface area contributed by atoms with Gasteiger partial charge in [0, 0.05) is 27.9 Å². The molecule has 268 valence electrons. The van der Waals surface area contributed by atoms with E-state index in [1.807, 2.05) is 36.4 Å². The van der Waals surface area contributed by atoms with Crippen LogP contribution in [0.25, 0.3) is 0 Å². The van der Waals surface area contributed by atoms with Crippen molar-refractivity contribution in [2.45, 2.75) is 89.6 Å². The second kappa shape index (κ2) is 20.0. The molecule has 0 spiro atoms. The van der Waals surface area contributed by atoms with E-state index in [4.69, 9.17) is 5.11 Å². The van der Waals surface area contributed by atoms with Crippen LogP contribution in [0.5, 0.6) is 0 Å². The number of aliphatic hydroxyl groups excluding tert-OH is 1. The summed E-state index contributed by atoms with van der Waals surface area (Å²) in [5, 5.41) is 12.9. The van der Waals surface area contributed by atoms with Gasteiger partial charge in [-0.3, -0.25) is 4.79 Å². The molecule has 2 N–H and O–H groups in total. The zero-order chi connectivity index (χ0) is 36.0. The minimum atomic E-state index is -4.58. The number of aliphatic hydroxyl groups is 1. The van der Waals surface area contributed by atoms with Crippen molar-refractivity contribution in [3.63, 3.8) is 0 Å². The normalized spacial score (nSPS) is 12.9. The second-order valence-electron chi connectivity index (χ2n) is 13.2. The predicted octanol–water partition coefficient (Wildman–Crippen LogP) is 9.68. The Morgan fingerprint density at radius 1 is 0.809 bits per heavy atom. The van der Waals surface area contributed by atoms with Gasteiger partial charge in [0.1, 0.15) is 6.29 Å². The summed E-state index contributed by atoms with van der Waals surface area (Å²) in [6.45, 7) is 17.6. The number of halogens is 6. The molecule has 1 atom stereocenters. The van der Waals surface area contributed by atoms with Crippen molar-refractivity contribution in [2.75, 3.05) is 5.09 Å². The van der Waals surface area contributed by atoms with E-state index in [1.165, 1.54) is 43.9 Å². The SMILES string of the molecule is C[Si](C)(C)C(F)(F)F.O=Cc1ccccc1.OC(c1ccccc1)C(F)(F)F.[CH2-]N=c1cccc(N[PH+](C(C)(C)C)C(C)(C)C)[n-]1.[Ni]. The van der Waals surface area contributed by atoms with E-state index in [0.29, 0.717) is 5.49 Å². The van der Waals surface area contributed by atoms with Crippen LogP contribution in [-0.2, 0) is 16.5 Å². The van der Waals surface area contributed by atoms with Gasteiger partial charge in [0.15, 0.2) is 14.2 Å². The van der Waals surface area contributed by atoms with E-state index < -0.39 is 34.2 Å². The molecule has 3 aromatic rings. The Hall–Kier alpha value is -2.59. The fourth-order valence-electron chi connectivity index (χ4n) is 3.56. The monoisotopic (exact) mass is 748 g/mol. The first kappa shape index (κ1) is 46.5. The Labute approximate surface area is 287 Å². The van der Waals surface area contributed by atoms with E-state index in [9.17, 15) is 31.1 Å². The van der Waals surface area contributed by atoms with Gasteiger partial charge in [-0.05, 0) is 47.1 Å². The van der Waals surface area contributed by atoms with Crippen LogP contribution in [0.1, 0.15) is 63.6 Å². The van der Waals surface area contributed by atoms with Crippen molar-refractivity contribution in [3.8, 4) is 0 Å². The average molecular weight is 749 g/mol. The van der Waals surface area contributed by atoms with Crippen LogP contribution in [-0.4, -0.2) is 41.8 Å². The van der Waals surface area contributed by atoms with E-state index in [1.54, 1.807) is 18.2 Å². The molecule has 0 radical (unpaired) electrons. The number of pyridine rings is 1. The number of anilines is 1.